The lowest BCUT2D eigenvalue weighted by molar-refractivity contribution is 0.0946. The minimum Gasteiger partial charge on any atom is -0.377 e. The Labute approximate surface area is 96.1 Å². The Morgan fingerprint density at radius 2 is 2.12 bits per heavy atom. The van der Waals surface area contributed by atoms with Crippen molar-refractivity contribution < 1.29 is 9.53 Å². The number of rotatable bonds is 7. The minimum atomic E-state index is -0.0377. The zero-order valence-electron chi connectivity index (χ0n) is 9.32. The molecule has 0 aliphatic rings. The van der Waals surface area contributed by atoms with Gasteiger partial charge in [0, 0.05) is 18.7 Å². The van der Waals surface area contributed by atoms with Gasteiger partial charge in [-0.25, -0.2) is 0 Å². The molecule has 0 unspecified atom stereocenters. The van der Waals surface area contributed by atoms with Gasteiger partial charge in [-0.2, -0.15) is 0 Å². The number of amides is 1. The van der Waals surface area contributed by atoms with Crippen LogP contribution in [0, 0.1) is 0 Å². The van der Waals surface area contributed by atoms with Crippen LogP contribution in [0.3, 0.4) is 0 Å². The molecule has 0 atom stereocenters. The van der Waals surface area contributed by atoms with Crippen LogP contribution in [0.2, 0.25) is 0 Å². The highest BCUT2D eigenvalue weighted by Gasteiger charge is 2.02. The average molecular weight is 219 g/mol. The molecular weight excluding hydrogens is 202 g/mol. The lowest BCUT2D eigenvalue weighted by Crippen LogP contribution is -2.25. The van der Waals surface area contributed by atoms with Gasteiger partial charge in [0.15, 0.2) is 0 Å². The van der Waals surface area contributed by atoms with Crippen LogP contribution in [0.1, 0.15) is 16.8 Å². The molecule has 0 bridgehead atoms. The van der Waals surface area contributed by atoms with Gasteiger partial charge in [0.2, 0.25) is 0 Å². The molecule has 0 saturated carbocycles. The van der Waals surface area contributed by atoms with E-state index >= 15 is 0 Å². The predicted octanol–water partition coefficient (Wildman–Crippen LogP) is 2.01. The van der Waals surface area contributed by atoms with Gasteiger partial charge in [-0.15, -0.1) is 6.58 Å². The van der Waals surface area contributed by atoms with Crippen LogP contribution in [0.4, 0.5) is 0 Å². The fraction of sp³-hybridized carbons (Fsp3) is 0.308. The Morgan fingerprint density at radius 1 is 1.38 bits per heavy atom. The third kappa shape index (κ3) is 4.75. The van der Waals surface area contributed by atoms with Crippen molar-refractivity contribution >= 4 is 5.91 Å². The highest BCUT2D eigenvalue weighted by atomic mass is 16.5. The highest BCUT2D eigenvalue weighted by molar-refractivity contribution is 5.94. The molecular formula is C13H17NO2. The Balaban J connectivity index is 2.14. The number of carbonyl (C=O) groups is 1. The van der Waals surface area contributed by atoms with Crippen molar-refractivity contribution in [1.29, 1.82) is 0 Å². The molecule has 0 fully saturated rings. The molecule has 0 aliphatic heterocycles. The molecule has 0 spiro atoms. The lowest BCUT2D eigenvalue weighted by Gasteiger charge is -2.05. The van der Waals surface area contributed by atoms with Crippen LogP contribution in [0.25, 0.3) is 0 Å². The molecule has 1 aromatic rings. The van der Waals surface area contributed by atoms with Crippen LogP contribution >= 0.6 is 0 Å². The maximum Gasteiger partial charge on any atom is 0.251 e. The first-order chi connectivity index (χ1) is 7.84. The van der Waals surface area contributed by atoms with Gasteiger partial charge in [0.1, 0.15) is 0 Å². The Kier molecular flexibility index (Phi) is 5.96. The molecule has 0 aromatic heterocycles. The summed E-state index contributed by atoms with van der Waals surface area (Å²) in [5.41, 5.74) is 0.689. The van der Waals surface area contributed by atoms with Crippen molar-refractivity contribution in [2.75, 3.05) is 19.8 Å². The number of hydrogen-bond donors (Lipinski definition) is 1. The van der Waals surface area contributed by atoms with Gasteiger partial charge in [0.05, 0.1) is 6.61 Å². The third-order valence-electron chi connectivity index (χ3n) is 2.02. The van der Waals surface area contributed by atoms with Crippen LogP contribution in [0.15, 0.2) is 43.0 Å². The van der Waals surface area contributed by atoms with E-state index in [1.807, 2.05) is 18.2 Å². The summed E-state index contributed by atoms with van der Waals surface area (Å²) >= 11 is 0. The van der Waals surface area contributed by atoms with E-state index in [0.29, 0.717) is 25.3 Å². The average Bonchev–Trinajstić information content (AvgIpc) is 2.34. The molecule has 1 amide bonds. The van der Waals surface area contributed by atoms with Crippen molar-refractivity contribution in [2.24, 2.45) is 0 Å². The summed E-state index contributed by atoms with van der Waals surface area (Å²) < 4.78 is 5.20. The molecule has 0 radical (unpaired) electrons. The second-order valence-electron chi connectivity index (χ2n) is 3.34. The van der Waals surface area contributed by atoms with E-state index in [-0.39, 0.29) is 5.91 Å². The molecule has 1 rings (SSSR count). The molecule has 0 saturated heterocycles. The van der Waals surface area contributed by atoms with Crippen molar-refractivity contribution in [3.8, 4) is 0 Å². The minimum absolute atomic E-state index is 0.0377. The van der Waals surface area contributed by atoms with Crippen LogP contribution < -0.4 is 5.32 Å². The maximum atomic E-state index is 11.6. The summed E-state index contributed by atoms with van der Waals surface area (Å²) in [5.74, 6) is -0.0377. The SMILES string of the molecule is C=CCOCCCNC(=O)c1ccccc1. The van der Waals surface area contributed by atoms with E-state index in [1.165, 1.54) is 0 Å². The molecule has 1 aromatic carbocycles. The summed E-state index contributed by atoms with van der Waals surface area (Å²) in [5, 5.41) is 2.83. The zero-order valence-corrected chi connectivity index (χ0v) is 9.32. The largest absolute Gasteiger partial charge is 0.377 e. The Bertz CT molecular complexity index is 322. The van der Waals surface area contributed by atoms with Crippen molar-refractivity contribution in [3.05, 3.63) is 48.6 Å². The van der Waals surface area contributed by atoms with Gasteiger partial charge in [-0.05, 0) is 18.6 Å². The van der Waals surface area contributed by atoms with Gasteiger partial charge < -0.3 is 10.1 Å². The first kappa shape index (κ1) is 12.5. The number of ether oxygens (including phenoxy) is 1. The highest BCUT2D eigenvalue weighted by Crippen LogP contribution is 1.97. The Hall–Kier alpha value is -1.61. The normalized spacial score (nSPS) is 9.75. The smallest absolute Gasteiger partial charge is 0.251 e. The van der Waals surface area contributed by atoms with Crippen LogP contribution in [0.5, 0.6) is 0 Å². The Morgan fingerprint density at radius 3 is 2.81 bits per heavy atom. The molecule has 16 heavy (non-hydrogen) atoms. The topological polar surface area (TPSA) is 38.3 Å². The van der Waals surface area contributed by atoms with E-state index in [0.717, 1.165) is 6.42 Å². The van der Waals surface area contributed by atoms with E-state index < -0.39 is 0 Å². The first-order valence-electron chi connectivity index (χ1n) is 5.36. The third-order valence-corrected chi connectivity index (χ3v) is 2.02. The summed E-state index contributed by atoms with van der Waals surface area (Å²) in [4.78, 5) is 11.6. The van der Waals surface area contributed by atoms with E-state index in [9.17, 15) is 4.79 Å². The molecule has 3 heteroatoms. The quantitative estimate of drug-likeness (QED) is 0.562. The number of benzene rings is 1. The molecule has 86 valence electrons. The fourth-order valence-corrected chi connectivity index (χ4v) is 1.23. The van der Waals surface area contributed by atoms with E-state index in [4.69, 9.17) is 4.74 Å². The maximum absolute atomic E-state index is 11.6. The monoisotopic (exact) mass is 219 g/mol. The predicted molar refractivity (Wildman–Crippen MR) is 64.4 cm³/mol. The van der Waals surface area contributed by atoms with E-state index in [2.05, 4.69) is 11.9 Å². The summed E-state index contributed by atoms with van der Waals surface area (Å²) in [6.45, 7) is 5.38. The van der Waals surface area contributed by atoms with Crippen molar-refractivity contribution in [3.63, 3.8) is 0 Å². The van der Waals surface area contributed by atoms with E-state index in [1.54, 1.807) is 18.2 Å². The molecule has 0 heterocycles. The lowest BCUT2D eigenvalue weighted by atomic mass is 10.2. The van der Waals surface area contributed by atoms with Crippen molar-refractivity contribution in [1.82, 2.24) is 5.32 Å². The summed E-state index contributed by atoms with van der Waals surface area (Å²) in [6, 6.07) is 9.18. The van der Waals surface area contributed by atoms with Gasteiger partial charge >= 0.3 is 0 Å². The van der Waals surface area contributed by atoms with Gasteiger partial charge in [0.25, 0.3) is 5.91 Å². The number of carbonyl (C=O) groups excluding carboxylic acids is 1. The second-order valence-corrected chi connectivity index (χ2v) is 3.34. The van der Waals surface area contributed by atoms with Gasteiger partial charge in [-0.3, -0.25) is 4.79 Å². The number of nitrogens with one attached hydrogen (secondary N) is 1. The van der Waals surface area contributed by atoms with Gasteiger partial charge in [-0.1, -0.05) is 24.3 Å². The van der Waals surface area contributed by atoms with Crippen LogP contribution in [-0.4, -0.2) is 25.7 Å². The summed E-state index contributed by atoms with van der Waals surface area (Å²) in [7, 11) is 0. The van der Waals surface area contributed by atoms with Crippen LogP contribution in [-0.2, 0) is 4.74 Å². The first-order valence-corrected chi connectivity index (χ1v) is 5.36. The molecule has 0 aliphatic carbocycles. The molecule has 1 N–H and O–H groups in total. The van der Waals surface area contributed by atoms with Crippen molar-refractivity contribution in [2.45, 2.75) is 6.42 Å². The standard InChI is InChI=1S/C13H17NO2/c1-2-10-16-11-6-9-14-13(15)12-7-4-3-5-8-12/h2-5,7-8H,1,6,9-11H2,(H,14,15). The molecule has 3 nitrogen and oxygen atoms in total. The summed E-state index contributed by atoms with van der Waals surface area (Å²) in [6.07, 6.45) is 2.52. The number of hydrogen-bond acceptors (Lipinski definition) is 2. The second kappa shape index (κ2) is 7.65. The fourth-order valence-electron chi connectivity index (χ4n) is 1.23. The zero-order chi connectivity index (χ0) is 11.6.